The van der Waals surface area contributed by atoms with E-state index in [-0.39, 0.29) is 36.5 Å². The third kappa shape index (κ3) is 6.96. The minimum Gasteiger partial charge on any atom is -0.506 e. The van der Waals surface area contributed by atoms with Crippen molar-refractivity contribution in [1.29, 1.82) is 0 Å². The molecule has 3 aromatic rings. The molecule has 220 valence electrons. The highest BCUT2D eigenvalue weighted by Crippen LogP contribution is 2.47. The van der Waals surface area contributed by atoms with E-state index in [1.54, 1.807) is 11.8 Å². The Bertz CT molecular complexity index is 1320. The molecular weight excluding hydrogens is 633 g/mol. The summed E-state index contributed by atoms with van der Waals surface area (Å²) >= 11 is 5.38. The molecule has 1 aliphatic heterocycles. The number of hydrogen-bond donors (Lipinski definition) is 1. The summed E-state index contributed by atoms with van der Waals surface area (Å²) in [4.78, 5) is 19.5. The van der Waals surface area contributed by atoms with Crippen LogP contribution >= 0.6 is 52.5 Å². The zero-order valence-corrected chi connectivity index (χ0v) is 27.6. The molecule has 2 aromatic carbocycles. The summed E-state index contributed by atoms with van der Waals surface area (Å²) in [5, 5.41) is 12.1. The lowest BCUT2D eigenvalue weighted by Crippen LogP contribution is -2.43. The average Bonchev–Trinajstić information content (AvgIpc) is 3.68. The lowest BCUT2D eigenvalue weighted by atomic mass is 10.0. The Morgan fingerprint density at radius 2 is 1.77 bits per heavy atom. The minimum absolute atomic E-state index is 0. The van der Waals surface area contributed by atoms with E-state index in [4.69, 9.17) is 4.74 Å². The van der Waals surface area contributed by atoms with E-state index in [9.17, 15) is 9.90 Å². The second-order valence-electron chi connectivity index (χ2n) is 10.8. The van der Waals surface area contributed by atoms with E-state index in [2.05, 4.69) is 75.5 Å². The van der Waals surface area contributed by atoms with Gasteiger partial charge >= 0.3 is 5.97 Å². The quantitative estimate of drug-likeness (QED) is 0.186. The van der Waals surface area contributed by atoms with Crippen molar-refractivity contribution in [3.63, 3.8) is 0 Å². The van der Waals surface area contributed by atoms with E-state index >= 15 is 0 Å². The van der Waals surface area contributed by atoms with Gasteiger partial charge in [0.1, 0.15) is 5.75 Å². The first-order chi connectivity index (χ1) is 18.3. The van der Waals surface area contributed by atoms with Crippen LogP contribution in [0.15, 0.2) is 39.7 Å². The number of aromatic hydroxyl groups is 1. The molecule has 1 saturated carbocycles. The Balaban J connectivity index is 0.00000220. The highest BCUT2D eigenvalue weighted by molar-refractivity contribution is 9.10. The number of fused-ring (bicyclic) bond motifs is 1. The number of halogens is 3. The van der Waals surface area contributed by atoms with Crippen LogP contribution in [0.3, 0.4) is 0 Å². The molecule has 1 N–H and O–H groups in total. The van der Waals surface area contributed by atoms with E-state index in [1.807, 2.05) is 13.0 Å². The maximum absolute atomic E-state index is 13.6. The second kappa shape index (κ2) is 14.2. The van der Waals surface area contributed by atoms with Gasteiger partial charge in [-0.25, -0.2) is 4.79 Å². The number of nitrogens with zero attached hydrogens (tertiary/aromatic N) is 3. The van der Waals surface area contributed by atoms with Crippen molar-refractivity contribution < 1.29 is 14.6 Å². The third-order valence-corrected chi connectivity index (χ3v) is 9.34. The molecule has 2 aliphatic rings. The molecular formula is C30H40BrCl2N3O3S. The second-order valence-corrected chi connectivity index (χ2v) is 12.7. The monoisotopic (exact) mass is 671 g/mol. The molecule has 2 heterocycles. The van der Waals surface area contributed by atoms with E-state index < -0.39 is 0 Å². The van der Waals surface area contributed by atoms with Crippen LogP contribution in [-0.2, 0) is 17.0 Å². The van der Waals surface area contributed by atoms with Crippen LogP contribution in [0.25, 0.3) is 10.9 Å². The summed E-state index contributed by atoms with van der Waals surface area (Å²) in [5.74, 6) is 1.07. The first kappa shape index (κ1) is 33.1. The molecule has 10 heteroatoms. The van der Waals surface area contributed by atoms with Gasteiger partial charge in [0.2, 0.25) is 0 Å². The number of aromatic nitrogens is 1. The molecule has 0 atom stereocenters. The van der Waals surface area contributed by atoms with Crippen molar-refractivity contribution in [3.8, 4) is 5.75 Å². The molecule has 1 saturated heterocycles. The average molecular weight is 674 g/mol. The maximum atomic E-state index is 13.6. The van der Waals surface area contributed by atoms with Crippen LogP contribution in [0.4, 0.5) is 0 Å². The molecule has 6 nitrogen and oxygen atoms in total. The Kier molecular flexibility index (Phi) is 11.7. The van der Waals surface area contributed by atoms with Gasteiger partial charge in [-0.1, -0.05) is 26.0 Å². The Hall–Kier alpha value is -1.42. The number of thioether (sulfide) groups is 1. The van der Waals surface area contributed by atoms with Gasteiger partial charge in [-0.3, -0.25) is 4.90 Å². The lowest BCUT2D eigenvalue weighted by Gasteiger charge is -2.32. The summed E-state index contributed by atoms with van der Waals surface area (Å²) in [6.45, 7) is 11.0. The fourth-order valence-corrected chi connectivity index (χ4v) is 6.73. The Labute approximate surface area is 262 Å². The van der Waals surface area contributed by atoms with Gasteiger partial charge in [0.15, 0.2) is 0 Å². The molecule has 0 spiro atoms. The molecule has 0 amide bonds. The van der Waals surface area contributed by atoms with Gasteiger partial charge in [0, 0.05) is 66.1 Å². The van der Waals surface area contributed by atoms with Crippen LogP contribution in [0, 0.1) is 0 Å². The third-order valence-electron chi connectivity index (χ3n) is 7.71. The van der Waals surface area contributed by atoms with Crippen LogP contribution in [-0.4, -0.2) is 65.3 Å². The van der Waals surface area contributed by atoms with Crippen LogP contribution in [0.1, 0.15) is 72.8 Å². The molecule has 40 heavy (non-hydrogen) atoms. The molecule has 0 radical (unpaired) electrons. The van der Waals surface area contributed by atoms with Crippen molar-refractivity contribution >= 4 is 69.4 Å². The molecule has 0 bridgehead atoms. The van der Waals surface area contributed by atoms with Crippen LogP contribution in [0.5, 0.6) is 5.75 Å². The van der Waals surface area contributed by atoms with Crippen molar-refractivity contribution in [3.05, 3.63) is 57.2 Å². The van der Waals surface area contributed by atoms with Crippen molar-refractivity contribution in [2.75, 3.05) is 39.8 Å². The number of benzene rings is 2. The van der Waals surface area contributed by atoms with Gasteiger partial charge in [-0.2, -0.15) is 0 Å². The number of carbonyl (C=O) groups excluding carboxylic acids is 1. The number of likely N-dealkylation sites (N-methyl/N-ethyl adjacent to an activating group) is 1. The Morgan fingerprint density at radius 1 is 1.12 bits per heavy atom. The van der Waals surface area contributed by atoms with Gasteiger partial charge in [-0.15, -0.1) is 36.6 Å². The number of hydrogen-bond acceptors (Lipinski definition) is 6. The molecule has 1 aromatic heterocycles. The predicted octanol–water partition coefficient (Wildman–Crippen LogP) is 7.63. The summed E-state index contributed by atoms with van der Waals surface area (Å²) in [5.41, 5.74) is 4.76. The molecule has 1 aliphatic carbocycles. The number of ether oxygens (including phenoxy) is 1. The van der Waals surface area contributed by atoms with Crippen molar-refractivity contribution in [2.45, 2.75) is 62.8 Å². The topological polar surface area (TPSA) is 57.9 Å². The Morgan fingerprint density at radius 3 is 2.35 bits per heavy atom. The number of piperazine rings is 1. The van der Waals surface area contributed by atoms with Gasteiger partial charge in [-0.05, 0) is 72.4 Å². The number of carbonyl (C=O) groups is 1. The van der Waals surface area contributed by atoms with E-state index in [0.29, 0.717) is 40.9 Å². The number of esters is 1. The standard InChI is InChI=1S/C30H38BrN3O3S.2ClH/c1-5-37-30(36)28-26(18-38-22-10-6-20(7-11-22)19(2)3)34(21-8-9-21)25-16-24(31)29(35)23(27(25)28)17-33-14-12-32(4)13-15-33;;/h6-7,10-11,16,19,21,35H,5,8-9,12-15,17-18H2,1-4H3;2*1H. The van der Waals surface area contributed by atoms with Gasteiger partial charge in [0.25, 0.3) is 0 Å². The molecule has 0 unspecified atom stereocenters. The number of rotatable bonds is 9. The largest absolute Gasteiger partial charge is 0.506 e. The fraction of sp³-hybridized carbons (Fsp3) is 0.500. The number of phenols is 1. The van der Waals surface area contributed by atoms with Crippen molar-refractivity contribution in [1.82, 2.24) is 14.4 Å². The number of phenolic OH excluding ortho intramolecular Hbond substituents is 1. The predicted molar refractivity (Wildman–Crippen MR) is 173 cm³/mol. The van der Waals surface area contributed by atoms with Crippen molar-refractivity contribution in [2.24, 2.45) is 0 Å². The zero-order chi connectivity index (χ0) is 27.0. The first-order valence-electron chi connectivity index (χ1n) is 13.7. The highest BCUT2D eigenvalue weighted by atomic mass is 79.9. The molecule has 2 fully saturated rings. The first-order valence-corrected chi connectivity index (χ1v) is 15.4. The SMILES string of the molecule is CCOC(=O)c1c(CSc2ccc(C(C)C)cc2)n(C2CC2)c2cc(Br)c(O)c(CN3CCN(C)CC3)c12.Cl.Cl. The van der Waals surface area contributed by atoms with Gasteiger partial charge in [0.05, 0.1) is 22.2 Å². The summed E-state index contributed by atoms with van der Waals surface area (Å²) in [6, 6.07) is 11.1. The smallest absolute Gasteiger partial charge is 0.340 e. The highest BCUT2D eigenvalue weighted by Gasteiger charge is 2.35. The summed E-state index contributed by atoms with van der Waals surface area (Å²) in [7, 11) is 2.14. The van der Waals surface area contributed by atoms with Gasteiger partial charge < -0.3 is 19.3 Å². The van der Waals surface area contributed by atoms with E-state index in [0.717, 1.165) is 61.2 Å². The van der Waals surface area contributed by atoms with Crippen LogP contribution < -0.4 is 0 Å². The minimum atomic E-state index is -0.302. The summed E-state index contributed by atoms with van der Waals surface area (Å²) < 4.78 is 8.67. The lowest BCUT2D eigenvalue weighted by molar-refractivity contribution is 0.0527. The normalized spacial score (nSPS) is 16.1. The summed E-state index contributed by atoms with van der Waals surface area (Å²) in [6.07, 6.45) is 2.19. The maximum Gasteiger partial charge on any atom is 0.340 e. The zero-order valence-electron chi connectivity index (χ0n) is 23.6. The van der Waals surface area contributed by atoms with E-state index in [1.165, 1.54) is 10.5 Å². The molecule has 5 rings (SSSR count). The fourth-order valence-electron chi connectivity index (χ4n) is 5.36. The van der Waals surface area contributed by atoms with Crippen LogP contribution in [0.2, 0.25) is 0 Å².